The van der Waals surface area contributed by atoms with Gasteiger partial charge >= 0.3 is 0 Å². The summed E-state index contributed by atoms with van der Waals surface area (Å²) >= 11 is 7.26. The molecule has 0 bridgehead atoms. The molecule has 8 nitrogen and oxygen atoms in total. The molecule has 0 unspecified atom stereocenters. The number of amides is 1. The number of phenolic OH excluding ortho intramolecular Hbond substituents is 2. The van der Waals surface area contributed by atoms with Gasteiger partial charge < -0.3 is 10.2 Å². The second-order valence-electron chi connectivity index (χ2n) is 7.31. The van der Waals surface area contributed by atoms with E-state index in [9.17, 15) is 15.0 Å². The first-order valence-electron chi connectivity index (χ1n) is 10.2. The molecular weight excluding hydrogens is 474 g/mol. The molecule has 3 N–H and O–H groups in total. The SMILES string of the molecule is Cc1ccc(-n2c(SCC(=O)N/N=C/c3ccc(O)c(O)c3)nnc2-c2ccc(Cl)cc2)cc1. The Bertz CT molecular complexity index is 1340. The van der Waals surface area contributed by atoms with Crippen LogP contribution in [0.3, 0.4) is 0 Å². The van der Waals surface area contributed by atoms with Crippen LogP contribution in [0.25, 0.3) is 17.1 Å². The molecule has 1 amide bonds. The number of carbonyl (C=O) groups is 1. The van der Waals surface area contributed by atoms with Gasteiger partial charge in [0.25, 0.3) is 5.91 Å². The number of halogens is 1. The standard InChI is InChI=1S/C24H20ClN5O3S/c1-15-2-9-19(10-3-15)30-23(17-5-7-18(25)8-6-17)28-29-24(30)34-14-22(33)27-26-13-16-4-11-20(31)21(32)12-16/h2-13,31-32H,14H2,1H3,(H,27,33)/b26-13+. The van der Waals surface area contributed by atoms with Crippen molar-refractivity contribution in [3.05, 3.63) is 82.9 Å². The number of rotatable bonds is 7. The summed E-state index contributed by atoms with van der Waals surface area (Å²) in [6, 6.07) is 19.5. The molecule has 4 aromatic rings. The van der Waals surface area contributed by atoms with Gasteiger partial charge in [-0.3, -0.25) is 9.36 Å². The van der Waals surface area contributed by atoms with Gasteiger partial charge in [-0.1, -0.05) is 41.1 Å². The van der Waals surface area contributed by atoms with Gasteiger partial charge in [0.05, 0.1) is 12.0 Å². The number of hydrazone groups is 1. The van der Waals surface area contributed by atoms with Crippen LogP contribution in [0.5, 0.6) is 11.5 Å². The molecule has 0 spiro atoms. The zero-order chi connectivity index (χ0) is 24.1. The molecule has 4 rings (SSSR count). The van der Waals surface area contributed by atoms with Crippen LogP contribution in [0.15, 0.2) is 77.0 Å². The second-order valence-corrected chi connectivity index (χ2v) is 8.69. The van der Waals surface area contributed by atoms with E-state index in [0.717, 1.165) is 16.8 Å². The maximum absolute atomic E-state index is 12.3. The summed E-state index contributed by atoms with van der Waals surface area (Å²) in [7, 11) is 0. The summed E-state index contributed by atoms with van der Waals surface area (Å²) in [5.41, 5.74) is 5.80. The number of aromatic nitrogens is 3. The molecule has 0 fully saturated rings. The summed E-state index contributed by atoms with van der Waals surface area (Å²) in [5.74, 6) is -0.140. The molecule has 0 atom stereocenters. The number of thioether (sulfide) groups is 1. The molecule has 34 heavy (non-hydrogen) atoms. The van der Waals surface area contributed by atoms with Crippen molar-refractivity contribution >= 4 is 35.5 Å². The number of aromatic hydroxyl groups is 2. The highest BCUT2D eigenvalue weighted by Crippen LogP contribution is 2.29. The minimum atomic E-state index is -0.337. The Labute approximate surface area is 204 Å². The number of phenols is 2. The molecule has 0 saturated heterocycles. The van der Waals surface area contributed by atoms with E-state index < -0.39 is 0 Å². The van der Waals surface area contributed by atoms with E-state index in [2.05, 4.69) is 20.7 Å². The fourth-order valence-electron chi connectivity index (χ4n) is 3.04. The Hall–Kier alpha value is -3.82. The van der Waals surface area contributed by atoms with Crippen molar-refractivity contribution in [1.82, 2.24) is 20.2 Å². The lowest BCUT2D eigenvalue weighted by molar-refractivity contribution is -0.118. The van der Waals surface area contributed by atoms with Gasteiger partial charge in [-0.2, -0.15) is 5.10 Å². The lowest BCUT2D eigenvalue weighted by Gasteiger charge is -2.10. The Balaban J connectivity index is 1.50. The molecule has 0 aliphatic carbocycles. The quantitative estimate of drug-likeness (QED) is 0.151. The van der Waals surface area contributed by atoms with Crippen molar-refractivity contribution in [3.63, 3.8) is 0 Å². The number of aryl methyl sites for hydroxylation is 1. The summed E-state index contributed by atoms with van der Waals surface area (Å²) in [6.07, 6.45) is 1.37. The van der Waals surface area contributed by atoms with E-state index in [-0.39, 0.29) is 23.2 Å². The topological polar surface area (TPSA) is 113 Å². The van der Waals surface area contributed by atoms with E-state index in [4.69, 9.17) is 11.6 Å². The molecule has 3 aromatic carbocycles. The van der Waals surface area contributed by atoms with Crippen molar-refractivity contribution in [2.45, 2.75) is 12.1 Å². The van der Waals surface area contributed by atoms with Crippen LogP contribution in [0.4, 0.5) is 0 Å². The van der Waals surface area contributed by atoms with Crippen LogP contribution in [-0.2, 0) is 4.79 Å². The Morgan fingerprint density at radius 2 is 1.79 bits per heavy atom. The zero-order valence-corrected chi connectivity index (χ0v) is 19.6. The molecule has 0 radical (unpaired) electrons. The average molecular weight is 494 g/mol. The molecule has 0 aliphatic rings. The van der Waals surface area contributed by atoms with Crippen molar-refractivity contribution in [2.24, 2.45) is 5.10 Å². The summed E-state index contributed by atoms with van der Waals surface area (Å²) in [5, 5.41) is 32.6. The highest BCUT2D eigenvalue weighted by atomic mass is 35.5. The maximum Gasteiger partial charge on any atom is 0.250 e. The highest BCUT2D eigenvalue weighted by molar-refractivity contribution is 7.99. The van der Waals surface area contributed by atoms with Crippen LogP contribution >= 0.6 is 23.4 Å². The fourth-order valence-corrected chi connectivity index (χ4v) is 3.91. The lowest BCUT2D eigenvalue weighted by atomic mass is 10.2. The largest absolute Gasteiger partial charge is 0.504 e. The van der Waals surface area contributed by atoms with Crippen molar-refractivity contribution in [3.8, 4) is 28.6 Å². The van der Waals surface area contributed by atoms with Crippen LogP contribution in [0, 0.1) is 6.92 Å². The summed E-state index contributed by atoms with van der Waals surface area (Å²) in [4.78, 5) is 12.3. The van der Waals surface area contributed by atoms with Gasteiger partial charge in [-0.25, -0.2) is 5.43 Å². The maximum atomic E-state index is 12.3. The first kappa shape index (κ1) is 23.3. The summed E-state index contributed by atoms with van der Waals surface area (Å²) < 4.78 is 1.89. The first-order chi connectivity index (χ1) is 16.4. The van der Waals surface area contributed by atoms with Crippen LogP contribution < -0.4 is 5.43 Å². The second kappa shape index (κ2) is 10.4. The van der Waals surface area contributed by atoms with Gasteiger partial charge in [0.2, 0.25) is 0 Å². The average Bonchev–Trinajstić information content (AvgIpc) is 3.25. The van der Waals surface area contributed by atoms with Crippen LogP contribution in [-0.4, -0.2) is 42.9 Å². The minimum absolute atomic E-state index is 0.0583. The molecular formula is C24H20ClN5O3S. The van der Waals surface area contributed by atoms with Gasteiger partial charge in [0.1, 0.15) is 0 Å². The molecule has 172 valence electrons. The predicted octanol–water partition coefficient (Wildman–Crippen LogP) is 4.55. The lowest BCUT2D eigenvalue weighted by Crippen LogP contribution is -2.20. The number of hydrogen-bond donors (Lipinski definition) is 3. The van der Waals surface area contributed by atoms with Gasteiger partial charge in [0.15, 0.2) is 22.5 Å². The Kier molecular flexibility index (Phi) is 7.15. The third kappa shape index (κ3) is 5.56. The third-order valence-corrected chi connectivity index (χ3v) is 5.94. The minimum Gasteiger partial charge on any atom is -0.504 e. The number of carbonyl (C=O) groups excluding carboxylic acids is 1. The number of nitrogens with zero attached hydrogens (tertiary/aromatic N) is 4. The number of hydrogen-bond acceptors (Lipinski definition) is 7. The van der Waals surface area contributed by atoms with Gasteiger partial charge in [-0.15, -0.1) is 10.2 Å². The fraction of sp³-hybridized carbons (Fsp3) is 0.0833. The van der Waals surface area contributed by atoms with Gasteiger partial charge in [0, 0.05) is 16.3 Å². The van der Waals surface area contributed by atoms with E-state index >= 15 is 0 Å². The predicted molar refractivity (Wildman–Crippen MR) is 133 cm³/mol. The smallest absolute Gasteiger partial charge is 0.250 e. The molecule has 10 heteroatoms. The molecule has 0 aliphatic heterocycles. The Morgan fingerprint density at radius 1 is 1.06 bits per heavy atom. The molecule has 1 heterocycles. The van der Waals surface area contributed by atoms with E-state index in [1.807, 2.05) is 47.9 Å². The van der Waals surface area contributed by atoms with Gasteiger partial charge in [-0.05, 0) is 67.1 Å². The molecule has 0 saturated carbocycles. The first-order valence-corrected chi connectivity index (χ1v) is 11.5. The highest BCUT2D eigenvalue weighted by Gasteiger charge is 2.17. The van der Waals surface area contributed by atoms with Crippen LogP contribution in [0.2, 0.25) is 5.02 Å². The normalized spacial score (nSPS) is 11.1. The third-order valence-electron chi connectivity index (χ3n) is 4.76. The molecule has 1 aromatic heterocycles. The van der Waals surface area contributed by atoms with E-state index in [0.29, 0.717) is 21.6 Å². The number of nitrogens with one attached hydrogen (secondary N) is 1. The Morgan fingerprint density at radius 3 is 2.50 bits per heavy atom. The summed E-state index contributed by atoms with van der Waals surface area (Å²) in [6.45, 7) is 2.01. The van der Waals surface area contributed by atoms with Crippen molar-refractivity contribution in [1.29, 1.82) is 0 Å². The van der Waals surface area contributed by atoms with E-state index in [1.54, 1.807) is 18.2 Å². The van der Waals surface area contributed by atoms with Crippen molar-refractivity contribution in [2.75, 3.05) is 5.75 Å². The van der Waals surface area contributed by atoms with E-state index in [1.165, 1.54) is 30.1 Å². The van der Waals surface area contributed by atoms with Crippen molar-refractivity contribution < 1.29 is 15.0 Å². The number of benzene rings is 3. The monoisotopic (exact) mass is 493 g/mol. The van der Waals surface area contributed by atoms with Crippen LogP contribution in [0.1, 0.15) is 11.1 Å². The zero-order valence-electron chi connectivity index (χ0n) is 18.0.